The van der Waals surface area contributed by atoms with E-state index in [1.165, 1.54) is 4.57 Å². The molecule has 234 valence electrons. The summed E-state index contributed by atoms with van der Waals surface area (Å²) in [5, 5.41) is -0.334. The Kier molecular flexibility index (Phi) is 4.52. The van der Waals surface area contributed by atoms with Crippen LogP contribution in [0.15, 0.2) is 174 Å². The predicted octanol–water partition coefficient (Wildman–Crippen LogP) is 11.5. The zero-order chi connectivity index (χ0) is 41.7. The molecule has 3 aromatic heterocycles. The van der Waals surface area contributed by atoms with Crippen molar-refractivity contribution in [3.63, 3.8) is 0 Å². The van der Waals surface area contributed by atoms with Gasteiger partial charge in [0.15, 0.2) is 17.2 Å². The van der Waals surface area contributed by atoms with E-state index < -0.39 is 60.4 Å². The van der Waals surface area contributed by atoms with Gasteiger partial charge in [-0.1, -0.05) is 151 Å². The molecule has 10 aromatic rings. The first-order valence-corrected chi connectivity index (χ1v) is 15.9. The maximum absolute atomic E-state index is 9.31. The molecule has 0 aliphatic heterocycles. The Hall–Kier alpha value is -6.85. The third kappa shape index (κ3) is 4.60. The molecule has 0 atom stereocenters. The van der Waals surface area contributed by atoms with Gasteiger partial charge in [0.2, 0.25) is 5.95 Å². The molecule has 0 saturated heterocycles. The van der Waals surface area contributed by atoms with Crippen LogP contribution in [-0.4, -0.2) is 19.5 Å². The quantitative estimate of drug-likeness (QED) is 0.186. The van der Waals surface area contributed by atoms with Crippen molar-refractivity contribution >= 4 is 43.7 Å². The van der Waals surface area contributed by atoms with E-state index in [9.17, 15) is 2.74 Å². The fourth-order valence-electron chi connectivity index (χ4n) is 6.37. The Morgan fingerprint density at radius 3 is 1.60 bits per heavy atom. The van der Waals surface area contributed by atoms with Gasteiger partial charge in [0.25, 0.3) is 0 Å². The van der Waals surface area contributed by atoms with Crippen molar-refractivity contribution in [2.45, 2.75) is 0 Å². The molecule has 0 spiro atoms. The maximum Gasteiger partial charge on any atom is 0.238 e. The van der Waals surface area contributed by atoms with Gasteiger partial charge in [-0.25, -0.2) is 4.98 Å². The monoisotopic (exact) mass is 650 g/mol. The average Bonchev–Trinajstić information content (AvgIpc) is 3.87. The summed E-state index contributed by atoms with van der Waals surface area (Å²) in [5.41, 5.74) is 4.90. The maximum atomic E-state index is 9.31. The summed E-state index contributed by atoms with van der Waals surface area (Å²) in [7, 11) is 0. The smallest absolute Gasteiger partial charge is 0.238 e. The second-order valence-corrected chi connectivity index (χ2v) is 11.7. The minimum Gasteiger partial charge on any atom is -0.454 e. The topological polar surface area (TPSA) is 56.7 Å². The molecule has 3 heterocycles. The van der Waals surface area contributed by atoms with E-state index >= 15 is 0 Å². The summed E-state index contributed by atoms with van der Waals surface area (Å²) >= 11 is 0. The fraction of sp³-hybridized carbons (Fsp3) is 0. The van der Waals surface area contributed by atoms with Gasteiger partial charge < -0.3 is 4.42 Å². The molecule has 5 nitrogen and oxygen atoms in total. The Morgan fingerprint density at radius 1 is 0.440 bits per heavy atom. The number of furan rings is 1. The molecule has 0 N–H and O–H groups in total. The third-order valence-corrected chi connectivity index (χ3v) is 8.79. The molecule has 50 heavy (non-hydrogen) atoms. The molecule has 0 aliphatic carbocycles. The predicted molar refractivity (Wildman–Crippen MR) is 203 cm³/mol. The van der Waals surface area contributed by atoms with Gasteiger partial charge in [-0.05, 0) is 40.4 Å². The molecule has 7 aromatic carbocycles. The molecule has 0 unspecified atom stereocenters. The summed E-state index contributed by atoms with van der Waals surface area (Å²) in [4.78, 5) is 14.7. The van der Waals surface area contributed by atoms with E-state index in [4.69, 9.17) is 30.3 Å². The lowest BCUT2D eigenvalue weighted by Crippen LogP contribution is -2.06. The van der Waals surface area contributed by atoms with E-state index in [2.05, 4.69) is 36.4 Å². The molecule has 0 radical (unpaired) electrons. The Morgan fingerprint density at radius 2 is 0.940 bits per heavy atom. The van der Waals surface area contributed by atoms with Crippen LogP contribution in [0, 0.1) is 0 Å². The van der Waals surface area contributed by atoms with Crippen molar-refractivity contribution in [1.29, 1.82) is 0 Å². The molecule has 0 aliphatic rings. The fourth-order valence-corrected chi connectivity index (χ4v) is 6.37. The highest BCUT2D eigenvalue weighted by Crippen LogP contribution is 2.40. The summed E-state index contributed by atoms with van der Waals surface area (Å²) in [6.07, 6.45) is 0. The van der Waals surface area contributed by atoms with Gasteiger partial charge in [-0.2, -0.15) is 9.97 Å². The van der Waals surface area contributed by atoms with Gasteiger partial charge in [-0.3, -0.25) is 4.57 Å². The van der Waals surface area contributed by atoms with Gasteiger partial charge in [0, 0.05) is 32.7 Å². The molecule has 5 heteroatoms. The van der Waals surface area contributed by atoms with E-state index in [0.717, 1.165) is 22.3 Å². The number of rotatable bonds is 5. The molecular formula is C45H28N4O. The molecule has 0 fully saturated rings. The van der Waals surface area contributed by atoms with Crippen LogP contribution in [0.5, 0.6) is 0 Å². The lowest BCUT2D eigenvalue weighted by Gasteiger charge is -2.11. The van der Waals surface area contributed by atoms with Crippen molar-refractivity contribution in [2.24, 2.45) is 0 Å². The van der Waals surface area contributed by atoms with E-state index in [1.807, 2.05) is 72.8 Å². The number of para-hydroxylation sites is 2. The summed E-state index contributed by atoms with van der Waals surface area (Å²) in [6.45, 7) is 0. The molecule has 10 rings (SSSR count). The summed E-state index contributed by atoms with van der Waals surface area (Å²) in [6, 6.07) is 30.2. The minimum atomic E-state index is -0.558. The Balaban J connectivity index is 1.26. The van der Waals surface area contributed by atoms with Gasteiger partial charge in [0.1, 0.15) is 11.1 Å². The normalized spacial score (nSPS) is 14.4. The lowest BCUT2D eigenvalue weighted by atomic mass is 9.99. The highest BCUT2D eigenvalue weighted by molar-refractivity contribution is 6.21. The van der Waals surface area contributed by atoms with E-state index in [1.54, 1.807) is 0 Å². The van der Waals surface area contributed by atoms with Crippen molar-refractivity contribution in [3.05, 3.63) is 170 Å². The summed E-state index contributed by atoms with van der Waals surface area (Å²) < 4.78 is 95.7. The standard InChI is InChI=1S/C45H28N4O/c1-3-11-29(12-4-1)30-19-21-31(22-20-30)32-23-25-34(26-24-32)44-46-43(33-13-5-2-6-14-33)47-45(48-44)49-39-17-9-7-15-35(39)37-27-28-38-36-16-8-10-18-40(36)50-42(38)41(37)49/h1-28H/i7D,8D,9D,10D,15D,16D,17D,18D,27D,28D. The Labute approximate surface area is 301 Å². The number of aromatic nitrogens is 4. The number of hydrogen-bond donors (Lipinski definition) is 0. The molecular weight excluding hydrogens is 613 g/mol. The zero-order valence-corrected chi connectivity index (χ0v) is 26.1. The van der Waals surface area contributed by atoms with Crippen molar-refractivity contribution in [2.75, 3.05) is 0 Å². The first-order chi connectivity index (χ1) is 28.9. The molecule has 0 amide bonds. The van der Waals surface area contributed by atoms with Crippen LogP contribution in [0.4, 0.5) is 0 Å². The minimum absolute atomic E-state index is 0.00785. The summed E-state index contributed by atoms with van der Waals surface area (Å²) in [5.74, 6) is 0.364. The largest absolute Gasteiger partial charge is 0.454 e. The van der Waals surface area contributed by atoms with Crippen molar-refractivity contribution in [1.82, 2.24) is 19.5 Å². The molecule has 0 saturated carbocycles. The van der Waals surface area contributed by atoms with Gasteiger partial charge in [-0.15, -0.1) is 0 Å². The third-order valence-electron chi connectivity index (χ3n) is 8.79. The van der Waals surface area contributed by atoms with Crippen LogP contribution in [0.1, 0.15) is 13.7 Å². The lowest BCUT2D eigenvalue weighted by molar-refractivity contribution is 0.670. The van der Waals surface area contributed by atoms with Crippen molar-refractivity contribution < 1.29 is 18.1 Å². The number of fused-ring (bicyclic) bond motifs is 7. The first kappa shape index (κ1) is 19.8. The van der Waals surface area contributed by atoms with Gasteiger partial charge >= 0.3 is 0 Å². The van der Waals surface area contributed by atoms with Crippen LogP contribution in [0.3, 0.4) is 0 Å². The zero-order valence-electron chi connectivity index (χ0n) is 36.1. The highest BCUT2D eigenvalue weighted by Gasteiger charge is 2.22. The number of hydrogen-bond acceptors (Lipinski definition) is 4. The van der Waals surface area contributed by atoms with E-state index in [-0.39, 0.29) is 61.3 Å². The van der Waals surface area contributed by atoms with Gasteiger partial charge in [0.05, 0.1) is 19.2 Å². The Bertz CT molecular complexity index is 3410. The van der Waals surface area contributed by atoms with Crippen LogP contribution in [0.25, 0.3) is 94.7 Å². The van der Waals surface area contributed by atoms with Crippen molar-refractivity contribution in [3.8, 4) is 51.0 Å². The highest BCUT2D eigenvalue weighted by atomic mass is 16.3. The second kappa shape index (κ2) is 11.4. The number of benzene rings is 7. The second-order valence-electron chi connectivity index (χ2n) is 11.7. The first-order valence-electron chi connectivity index (χ1n) is 20.9. The van der Waals surface area contributed by atoms with Crippen LogP contribution in [0.2, 0.25) is 0 Å². The number of nitrogens with zero attached hydrogens (tertiary/aromatic N) is 4. The SMILES string of the molecule is [2H]c1c([2H])c([2H])c2c(oc3c2c([2H])c([2H])c2c4c([2H])c([2H])c([2H])c([2H])c4n(-c4nc(-c5ccccc5)nc(-c5ccc(-c6ccc(-c7ccccc7)cc6)cc5)n4)c32)c1[2H]. The van der Waals surface area contributed by atoms with Crippen LogP contribution < -0.4 is 0 Å². The van der Waals surface area contributed by atoms with Crippen LogP contribution >= 0.6 is 0 Å². The van der Waals surface area contributed by atoms with Crippen LogP contribution in [-0.2, 0) is 0 Å². The molecule has 0 bridgehead atoms. The van der Waals surface area contributed by atoms with E-state index in [0.29, 0.717) is 11.1 Å². The average molecular weight is 651 g/mol.